The quantitative estimate of drug-likeness (QED) is 0.670. The number of hydrogen-bond donors (Lipinski definition) is 2. The molecule has 0 amide bonds. The number of nitrogens with zero attached hydrogens (tertiary/aromatic N) is 2. The Labute approximate surface area is 173 Å². The van der Waals surface area contributed by atoms with Gasteiger partial charge in [-0.25, -0.2) is 0 Å². The largest absolute Gasteiger partial charge is 0.496 e. The second-order valence-electron chi connectivity index (χ2n) is 6.55. The number of aromatic amines is 1. The monoisotopic (exact) mass is 404 g/mol. The molecule has 1 aliphatic rings. The van der Waals surface area contributed by atoms with E-state index in [-0.39, 0.29) is 11.5 Å². The molecule has 0 spiro atoms. The maximum atomic E-state index is 9.94. The molecule has 8 nitrogen and oxygen atoms in total. The SMILES string of the molecule is COc1cc(OC)c([C@H]2C(C#N)=C(N)Oc3n[nH]c(-c4ccccc4)c32)c(OC)c1. The van der Waals surface area contributed by atoms with E-state index in [0.717, 1.165) is 11.3 Å². The van der Waals surface area contributed by atoms with Crippen LogP contribution in [-0.2, 0) is 0 Å². The number of rotatable bonds is 5. The maximum absolute atomic E-state index is 9.94. The Morgan fingerprint density at radius 2 is 1.70 bits per heavy atom. The van der Waals surface area contributed by atoms with E-state index < -0.39 is 5.92 Å². The van der Waals surface area contributed by atoms with Crippen LogP contribution >= 0.6 is 0 Å². The van der Waals surface area contributed by atoms with Crippen molar-refractivity contribution >= 4 is 0 Å². The zero-order valence-electron chi connectivity index (χ0n) is 16.7. The molecule has 0 bridgehead atoms. The summed E-state index contributed by atoms with van der Waals surface area (Å²) < 4.78 is 22.3. The van der Waals surface area contributed by atoms with E-state index in [9.17, 15) is 5.26 Å². The second-order valence-corrected chi connectivity index (χ2v) is 6.55. The third-order valence-corrected chi connectivity index (χ3v) is 5.04. The number of H-pyrrole nitrogens is 1. The number of nitrogens with one attached hydrogen (secondary N) is 1. The molecule has 30 heavy (non-hydrogen) atoms. The Morgan fingerprint density at radius 3 is 2.27 bits per heavy atom. The van der Waals surface area contributed by atoms with Gasteiger partial charge in [-0.15, -0.1) is 5.10 Å². The summed E-state index contributed by atoms with van der Waals surface area (Å²) in [6.07, 6.45) is 0. The van der Waals surface area contributed by atoms with E-state index in [1.807, 2.05) is 30.3 Å². The summed E-state index contributed by atoms with van der Waals surface area (Å²) in [4.78, 5) is 0. The van der Waals surface area contributed by atoms with Gasteiger partial charge in [-0.05, 0) is 5.56 Å². The highest BCUT2D eigenvalue weighted by Gasteiger charge is 2.39. The fourth-order valence-corrected chi connectivity index (χ4v) is 3.68. The molecule has 0 fully saturated rings. The Hall–Kier alpha value is -4.12. The van der Waals surface area contributed by atoms with Gasteiger partial charge in [0.2, 0.25) is 11.8 Å². The first-order chi connectivity index (χ1) is 14.6. The lowest BCUT2D eigenvalue weighted by molar-refractivity contribution is 0.358. The highest BCUT2D eigenvalue weighted by molar-refractivity contribution is 5.73. The van der Waals surface area contributed by atoms with Crippen LogP contribution in [0.4, 0.5) is 0 Å². The highest BCUT2D eigenvalue weighted by atomic mass is 16.5. The van der Waals surface area contributed by atoms with Crippen LogP contribution in [0.3, 0.4) is 0 Å². The molecule has 2 heterocycles. The number of hydrogen-bond acceptors (Lipinski definition) is 7. The molecule has 0 aliphatic carbocycles. The van der Waals surface area contributed by atoms with Crippen LogP contribution in [0.1, 0.15) is 17.0 Å². The molecule has 152 valence electrons. The molecule has 3 N–H and O–H groups in total. The standard InChI is InChI=1S/C22H20N4O4/c1-27-13-9-15(28-2)18(16(10-13)29-3)17-14(11-23)21(24)30-22-19(17)20(25-26-22)12-7-5-4-6-8-12/h4-10,17H,24H2,1-3H3,(H,25,26)/t17-/m1/s1. The van der Waals surface area contributed by atoms with Crippen LogP contribution in [0.2, 0.25) is 0 Å². The zero-order valence-corrected chi connectivity index (χ0v) is 16.7. The van der Waals surface area contributed by atoms with Crippen molar-refractivity contribution in [2.24, 2.45) is 5.73 Å². The van der Waals surface area contributed by atoms with Crippen LogP contribution in [-0.4, -0.2) is 31.5 Å². The van der Waals surface area contributed by atoms with Gasteiger partial charge in [-0.3, -0.25) is 5.10 Å². The molecule has 8 heteroatoms. The molecule has 4 rings (SSSR count). The number of nitrogens with two attached hydrogens (primary N) is 1. The van der Waals surface area contributed by atoms with Crippen molar-refractivity contribution in [3.63, 3.8) is 0 Å². The van der Waals surface area contributed by atoms with Gasteiger partial charge in [-0.2, -0.15) is 5.26 Å². The molecule has 0 radical (unpaired) electrons. The number of methoxy groups -OCH3 is 3. The maximum Gasteiger partial charge on any atom is 0.244 e. The first-order valence-electron chi connectivity index (χ1n) is 9.14. The lowest BCUT2D eigenvalue weighted by Gasteiger charge is -2.27. The summed E-state index contributed by atoms with van der Waals surface area (Å²) in [6.45, 7) is 0. The van der Waals surface area contributed by atoms with Crippen molar-refractivity contribution in [3.05, 3.63) is 65.0 Å². The summed E-state index contributed by atoms with van der Waals surface area (Å²) in [5.41, 5.74) is 9.25. The van der Waals surface area contributed by atoms with Gasteiger partial charge < -0.3 is 24.7 Å². The van der Waals surface area contributed by atoms with Crippen molar-refractivity contribution in [1.29, 1.82) is 5.26 Å². The molecule has 0 saturated carbocycles. The Bertz CT molecular complexity index is 1140. The van der Waals surface area contributed by atoms with Gasteiger partial charge in [0.1, 0.15) is 28.9 Å². The van der Waals surface area contributed by atoms with Gasteiger partial charge in [-0.1, -0.05) is 30.3 Å². The van der Waals surface area contributed by atoms with Crippen molar-refractivity contribution in [2.75, 3.05) is 21.3 Å². The van der Waals surface area contributed by atoms with Gasteiger partial charge in [0.25, 0.3) is 0 Å². The van der Waals surface area contributed by atoms with E-state index >= 15 is 0 Å². The predicted molar refractivity (Wildman–Crippen MR) is 109 cm³/mol. The minimum Gasteiger partial charge on any atom is -0.496 e. The molecule has 3 aromatic rings. The number of allylic oxidation sites excluding steroid dienone is 1. The Morgan fingerprint density at radius 1 is 1.03 bits per heavy atom. The fraction of sp³-hybridized carbons (Fsp3) is 0.182. The molecule has 0 saturated heterocycles. The smallest absolute Gasteiger partial charge is 0.244 e. The minimum atomic E-state index is -0.622. The van der Waals surface area contributed by atoms with Crippen molar-refractivity contribution in [1.82, 2.24) is 10.2 Å². The number of aromatic nitrogens is 2. The van der Waals surface area contributed by atoms with Gasteiger partial charge in [0, 0.05) is 17.7 Å². The summed E-state index contributed by atoms with van der Waals surface area (Å²) in [6, 6.07) is 15.3. The number of fused-ring (bicyclic) bond motifs is 1. The third kappa shape index (κ3) is 2.97. The van der Waals surface area contributed by atoms with E-state index in [1.54, 1.807) is 33.5 Å². The first-order valence-corrected chi connectivity index (χ1v) is 9.14. The lowest BCUT2D eigenvalue weighted by Crippen LogP contribution is -2.21. The summed E-state index contributed by atoms with van der Waals surface area (Å²) in [5.74, 6) is 1.21. The van der Waals surface area contributed by atoms with E-state index in [4.69, 9.17) is 24.7 Å². The zero-order chi connectivity index (χ0) is 21.3. The summed E-state index contributed by atoms with van der Waals surface area (Å²) in [7, 11) is 4.65. The fourth-order valence-electron chi connectivity index (χ4n) is 3.68. The van der Waals surface area contributed by atoms with Crippen molar-refractivity contribution in [2.45, 2.75) is 5.92 Å². The van der Waals surface area contributed by atoms with Crippen LogP contribution in [0, 0.1) is 11.3 Å². The topological polar surface area (TPSA) is 115 Å². The second kappa shape index (κ2) is 7.72. The Kier molecular flexibility index (Phi) is 4.94. The Balaban J connectivity index is 2.04. The average molecular weight is 404 g/mol. The van der Waals surface area contributed by atoms with Crippen LogP contribution in [0.15, 0.2) is 53.9 Å². The summed E-state index contributed by atoms with van der Waals surface area (Å²) in [5, 5.41) is 17.3. The van der Waals surface area contributed by atoms with Crippen LogP contribution in [0.25, 0.3) is 11.3 Å². The van der Waals surface area contributed by atoms with Gasteiger partial charge in [0.05, 0.1) is 38.5 Å². The van der Waals surface area contributed by atoms with E-state index in [0.29, 0.717) is 34.3 Å². The summed E-state index contributed by atoms with van der Waals surface area (Å²) >= 11 is 0. The lowest BCUT2D eigenvalue weighted by atomic mass is 9.82. The molecule has 1 aliphatic heterocycles. The third-order valence-electron chi connectivity index (χ3n) is 5.04. The molecular formula is C22H20N4O4. The number of ether oxygens (including phenoxy) is 4. The molecular weight excluding hydrogens is 384 g/mol. The average Bonchev–Trinajstić information content (AvgIpc) is 3.21. The molecule has 0 unspecified atom stereocenters. The van der Waals surface area contributed by atoms with Gasteiger partial charge in [0.15, 0.2) is 0 Å². The normalized spacial score (nSPS) is 15.1. The van der Waals surface area contributed by atoms with E-state index in [1.165, 1.54) is 0 Å². The predicted octanol–water partition coefficient (Wildman–Crippen LogP) is 3.32. The van der Waals surface area contributed by atoms with Crippen molar-refractivity contribution < 1.29 is 18.9 Å². The number of benzene rings is 2. The molecule has 2 aromatic carbocycles. The van der Waals surface area contributed by atoms with E-state index in [2.05, 4.69) is 16.3 Å². The van der Waals surface area contributed by atoms with Crippen LogP contribution < -0.4 is 24.7 Å². The first kappa shape index (κ1) is 19.2. The number of nitriles is 1. The molecule has 1 atom stereocenters. The van der Waals surface area contributed by atoms with Crippen LogP contribution in [0.5, 0.6) is 23.1 Å². The van der Waals surface area contributed by atoms with Crippen molar-refractivity contribution in [3.8, 4) is 40.5 Å². The molecule has 1 aromatic heterocycles. The van der Waals surface area contributed by atoms with Gasteiger partial charge >= 0.3 is 0 Å². The minimum absolute atomic E-state index is 0.0129. The highest BCUT2D eigenvalue weighted by Crippen LogP contribution is 2.51.